The minimum atomic E-state index is -0.504. The fourth-order valence-electron chi connectivity index (χ4n) is 8.27. The Morgan fingerprint density at radius 2 is 1.20 bits per heavy atom. The minimum Gasteiger partial charge on any atom is -0.314 e. The van der Waals surface area contributed by atoms with Crippen molar-refractivity contribution in [1.29, 1.82) is 0 Å². The predicted octanol–water partition coefficient (Wildman–Crippen LogP) is 11.0. The van der Waals surface area contributed by atoms with Crippen LogP contribution in [0.2, 0.25) is 0 Å². The van der Waals surface area contributed by atoms with Crippen LogP contribution < -0.4 is 4.90 Å². The summed E-state index contributed by atoms with van der Waals surface area (Å²) < 4.78 is 2.46. The van der Waals surface area contributed by atoms with Gasteiger partial charge in [0, 0.05) is 39.4 Å². The Morgan fingerprint density at radius 3 is 1.92 bits per heavy atom. The van der Waals surface area contributed by atoms with E-state index in [1.807, 2.05) is 42.5 Å². The van der Waals surface area contributed by atoms with Crippen LogP contribution in [0.15, 0.2) is 170 Å². The average molecular weight is 656 g/mol. The molecule has 8 aromatic rings. The minimum absolute atomic E-state index is 0.0979. The van der Waals surface area contributed by atoms with E-state index < -0.39 is 5.54 Å². The lowest BCUT2D eigenvalue weighted by Gasteiger charge is -2.42. The molecular formula is C46H33N5. The van der Waals surface area contributed by atoms with Crippen molar-refractivity contribution < 1.29 is 0 Å². The summed E-state index contributed by atoms with van der Waals surface area (Å²) in [6, 6.07) is 57.2. The molecule has 0 saturated carbocycles. The highest BCUT2D eigenvalue weighted by Crippen LogP contribution is 2.60. The number of rotatable bonds is 5. The largest absolute Gasteiger partial charge is 0.314 e. The molecule has 2 unspecified atom stereocenters. The molecule has 3 aromatic heterocycles. The summed E-state index contributed by atoms with van der Waals surface area (Å²) in [4.78, 5) is 18.1. The molecule has 5 heteroatoms. The van der Waals surface area contributed by atoms with Gasteiger partial charge in [-0.15, -0.1) is 0 Å². The van der Waals surface area contributed by atoms with Gasteiger partial charge in [-0.3, -0.25) is 0 Å². The molecule has 2 aliphatic rings. The summed E-state index contributed by atoms with van der Waals surface area (Å²) in [5.41, 5.74) is 11.3. The maximum atomic E-state index is 5.43. The van der Waals surface area contributed by atoms with Crippen LogP contribution >= 0.6 is 0 Å². The second kappa shape index (κ2) is 11.5. The molecule has 0 fully saturated rings. The summed E-state index contributed by atoms with van der Waals surface area (Å²) in [6.45, 7) is 2.38. The second-order valence-corrected chi connectivity index (χ2v) is 13.4. The molecule has 0 radical (unpaired) electrons. The van der Waals surface area contributed by atoms with E-state index in [-0.39, 0.29) is 5.92 Å². The van der Waals surface area contributed by atoms with Crippen molar-refractivity contribution in [3.05, 3.63) is 187 Å². The molecule has 10 rings (SSSR count). The van der Waals surface area contributed by atoms with Gasteiger partial charge in [0.05, 0.1) is 28.1 Å². The molecule has 0 spiro atoms. The topological polar surface area (TPSA) is 46.8 Å². The van der Waals surface area contributed by atoms with E-state index in [2.05, 4.69) is 150 Å². The quantitative estimate of drug-likeness (QED) is 0.185. The Bertz CT molecular complexity index is 2550. The van der Waals surface area contributed by atoms with Gasteiger partial charge in [-0.25, -0.2) is 15.0 Å². The number of hydrogen-bond donors (Lipinski definition) is 0. The highest BCUT2D eigenvalue weighted by Gasteiger charge is 2.54. The maximum absolute atomic E-state index is 5.43. The van der Waals surface area contributed by atoms with Crippen molar-refractivity contribution >= 4 is 28.5 Å². The molecule has 4 heterocycles. The molecular weight excluding hydrogens is 623 g/mol. The molecule has 0 bridgehead atoms. The first kappa shape index (κ1) is 29.3. The standard InChI is InChI=1S/C46H33N5/c1-46-37(29-28-35-34-22-11-13-25-41(34)50(44(35)46)33-20-9-4-10-21-33)36-23-12-14-26-42(36)51(46)43-27-15-24-38(47-43)45-48-39(31-16-5-2-6-17-31)30-40(49-45)32-18-7-3-8-19-32/h2-30,37H,1H3. The van der Waals surface area contributed by atoms with Gasteiger partial charge in [0.15, 0.2) is 5.82 Å². The molecule has 0 N–H and O–H groups in total. The Morgan fingerprint density at radius 1 is 0.569 bits per heavy atom. The van der Waals surface area contributed by atoms with Gasteiger partial charge in [0.1, 0.15) is 11.5 Å². The number of hydrogen-bond acceptors (Lipinski definition) is 4. The van der Waals surface area contributed by atoms with Crippen LogP contribution in [-0.4, -0.2) is 19.5 Å². The lowest BCUT2D eigenvalue weighted by molar-refractivity contribution is 0.437. The molecule has 1 aliphatic heterocycles. The molecule has 1 aliphatic carbocycles. The smallest absolute Gasteiger partial charge is 0.179 e. The highest BCUT2D eigenvalue weighted by molar-refractivity contribution is 5.96. The van der Waals surface area contributed by atoms with Gasteiger partial charge in [0.2, 0.25) is 0 Å². The SMILES string of the molecule is CC12c3c(c4ccccc4n3-c3ccccc3)C=CC1c1ccccc1N2c1cccc(-c2nc(-c3ccccc3)cc(-c3ccccc3)n2)n1. The van der Waals surface area contributed by atoms with Crippen molar-refractivity contribution in [1.82, 2.24) is 19.5 Å². The Kier molecular flexibility index (Phi) is 6.61. The van der Waals surface area contributed by atoms with Gasteiger partial charge in [0.25, 0.3) is 0 Å². The number of nitrogens with zero attached hydrogens (tertiary/aromatic N) is 5. The lowest BCUT2D eigenvalue weighted by atomic mass is 9.75. The van der Waals surface area contributed by atoms with E-state index in [1.165, 1.54) is 27.7 Å². The van der Waals surface area contributed by atoms with Crippen molar-refractivity contribution in [2.24, 2.45) is 0 Å². The summed E-state index contributed by atoms with van der Waals surface area (Å²) in [6.07, 6.45) is 4.73. The number of fused-ring (bicyclic) bond motifs is 7. The normalized spacial score (nSPS) is 17.3. The van der Waals surface area contributed by atoms with Gasteiger partial charge >= 0.3 is 0 Å². The first-order chi connectivity index (χ1) is 25.2. The second-order valence-electron chi connectivity index (χ2n) is 13.4. The zero-order valence-electron chi connectivity index (χ0n) is 28.1. The fourth-order valence-corrected chi connectivity index (χ4v) is 8.27. The van der Waals surface area contributed by atoms with E-state index in [1.54, 1.807) is 0 Å². The first-order valence-electron chi connectivity index (χ1n) is 17.4. The maximum Gasteiger partial charge on any atom is 0.179 e. The van der Waals surface area contributed by atoms with Crippen LogP contribution in [0.4, 0.5) is 11.5 Å². The molecule has 0 amide bonds. The van der Waals surface area contributed by atoms with Gasteiger partial charge in [-0.1, -0.05) is 133 Å². The van der Waals surface area contributed by atoms with E-state index in [4.69, 9.17) is 15.0 Å². The van der Waals surface area contributed by atoms with Gasteiger partial charge < -0.3 is 9.47 Å². The molecule has 5 aromatic carbocycles. The monoisotopic (exact) mass is 655 g/mol. The Balaban J connectivity index is 1.20. The number of aromatic nitrogens is 4. The van der Waals surface area contributed by atoms with Crippen molar-refractivity contribution in [2.75, 3.05) is 4.90 Å². The third-order valence-corrected chi connectivity index (χ3v) is 10.5. The summed E-state index contributed by atoms with van der Waals surface area (Å²) in [5, 5.41) is 1.24. The Labute approximate surface area is 296 Å². The number of pyridine rings is 1. The average Bonchev–Trinajstić information content (AvgIpc) is 3.69. The van der Waals surface area contributed by atoms with Crippen molar-refractivity contribution in [2.45, 2.75) is 18.4 Å². The van der Waals surface area contributed by atoms with E-state index in [0.29, 0.717) is 5.82 Å². The van der Waals surface area contributed by atoms with Crippen LogP contribution in [0.5, 0.6) is 0 Å². The van der Waals surface area contributed by atoms with E-state index >= 15 is 0 Å². The summed E-state index contributed by atoms with van der Waals surface area (Å²) >= 11 is 0. The van der Waals surface area contributed by atoms with Crippen molar-refractivity contribution in [3.63, 3.8) is 0 Å². The van der Waals surface area contributed by atoms with E-state index in [9.17, 15) is 0 Å². The summed E-state index contributed by atoms with van der Waals surface area (Å²) in [7, 11) is 0. The van der Waals surface area contributed by atoms with Gasteiger partial charge in [-0.05, 0) is 55.0 Å². The molecule has 2 atom stereocenters. The van der Waals surface area contributed by atoms with Crippen LogP contribution in [0.1, 0.15) is 29.7 Å². The summed E-state index contributed by atoms with van der Waals surface area (Å²) in [5.74, 6) is 1.54. The van der Waals surface area contributed by atoms with Crippen molar-refractivity contribution in [3.8, 4) is 39.7 Å². The molecule has 51 heavy (non-hydrogen) atoms. The zero-order chi connectivity index (χ0) is 33.9. The first-order valence-corrected chi connectivity index (χ1v) is 17.4. The number of para-hydroxylation sites is 3. The lowest BCUT2D eigenvalue weighted by Crippen LogP contribution is -2.43. The van der Waals surface area contributed by atoms with Crippen LogP contribution in [0.25, 0.3) is 56.7 Å². The molecule has 5 nitrogen and oxygen atoms in total. The van der Waals surface area contributed by atoms with E-state index in [0.717, 1.165) is 45.4 Å². The third-order valence-electron chi connectivity index (χ3n) is 10.5. The van der Waals surface area contributed by atoms with Gasteiger partial charge in [-0.2, -0.15) is 0 Å². The predicted molar refractivity (Wildman–Crippen MR) is 207 cm³/mol. The molecule has 0 saturated heterocycles. The number of benzene rings is 5. The van der Waals surface area contributed by atoms with Crippen LogP contribution in [0, 0.1) is 0 Å². The highest BCUT2D eigenvalue weighted by atomic mass is 15.3. The molecule has 242 valence electrons. The number of anilines is 2. The zero-order valence-corrected chi connectivity index (χ0v) is 28.1. The van der Waals surface area contributed by atoms with Crippen LogP contribution in [0.3, 0.4) is 0 Å². The van der Waals surface area contributed by atoms with Crippen LogP contribution in [-0.2, 0) is 5.54 Å². The third kappa shape index (κ3) is 4.51. The fraction of sp³-hybridized carbons (Fsp3) is 0.0652. The Hall–Kier alpha value is -6.59.